The third-order valence-corrected chi connectivity index (χ3v) is 4.78. The van der Waals surface area contributed by atoms with Crippen molar-refractivity contribution in [2.24, 2.45) is 0 Å². The van der Waals surface area contributed by atoms with Crippen molar-refractivity contribution in [3.63, 3.8) is 0 Å². The van der Waals surface area contributed by atoms with Crippen molar-refractivity contribution in [2.75, 3.05) is 13.2 Å². The molecule has 34 heavy (non-hydrogen) atoms. The Morgan fingerprint density at radius 1 is 1.03 bits per heavy atom. The minimum Gasteiger partial charge on any atom is -0.461 e. The third-order valence-electron chi connectivity index (χ3n) is 4.78. The van der Waals surface area contributed by atoms with Crippen LogP contribution in [0, 0.1) is 22.9 Å². The Balaban J connectivity index is 2.34. The molecule has 3 aromatic rings. The van der Waals surface area contributed by atoms with Gasteiger partial charge in [-0.2, -0.15) is 0 Å². The Morgan fingerprint density at radius 3 is 2.29 bits per heavy atom. The number of nitro benzene ring substituents is 1. The lowest BCUT2D eigenvalue weighted by Crippen LogP contribution is -2.19. The zero-order valence-corrected chi connectivity index (χ0v) is 18.5. The predicted octanol–water partition coefficient (Wildman–Crippen LogP) is 3.81. The molecule has 0 saturated carbocycles. The number of ketones is 1. The summed E-state index contributed by atoms with van der Waals surface area (Å²) in [4.78, 5) is 53.4. The van der Waals surface area contributed by atoms with E-state index in [9.17, 15) is 28.9 Å². The summed E-state index contributed by atoms with van der Waals surface area (Å²) in [5, 5.41) is 11.4. The number of carbonyl (C=O) groups is 3. The molecule has 0 atom stereocenters. The van der Waals surface area contributed by atoms with Crippen LogP contribution in [0.1, 0.15) is 56.6 Å². The molecule has 0 bridgehead atoms. The fourth-order valence-electron chi connectivity index (χ4n) is 3.36. The maximum atomic E-state index is 14.4. The van der Waals surface area contributed by atoms with Crippen LogP contribution in [0.2, 0.25) is 0 Å². The lowest BCUT2D eigenvalue weighted by molar-refractivity contribution is -0.384. The number of carbonyl (C=O) groups excluding carboxylic acids is 3. The minimum absolute atomic E-state index is 0.0154. The van der Waals surface area contributed by atoms with E-state index in [1.807, 2.05) is 0 Å². The SMILES string of the molecule is CCOC(=O)c1nc(C)n(-c2ccc([N+](=O)[O-])cc2C(=O)c2ccccc2F)c1C(=O)OCC. The monoisotopic (exact) mass is 469 g/mol. The molecule has 0 radical (unpaired) electrons. The van der Waals surface area contributed by atoms with Crippen LogP contribution in [0.5, 0.6) is 0 Å². The molecule has 0 N–H and O–H groups in total. The molecule has 176 valence electrons. The summed E-state index contributed by atoms with van der Waals surface area (Å²) in [5.41, 5.74) is -1.73. The van der Waals surface area contributed by atoms with Gasteiger partial charge in [0.05, 0.1) is 35.0 Å². The number of nitrogens with zero attached hydrogens (tertiary/aromatic N) is 3. The van der Waals surface area contributed by atoms with Crippen molar-refractivity contribution in [3.05, 3.63) is 86.7 Å². The molecule has 10 nitrogen and oxygen atoms in total. The van der Waals surface area contributed by atoms with Gasteiger partial charge in [0.25, 0.3) is 5.69 Å². The largest absolute Gasteiger partial charge is 0.461 e. The molecule has 0 spiro atoms. The van der Waals surface area contributed by atoms with E-state index in [0.29, 0.717) is 0 Å². The summed E-state index contributed by atoms with van der Waals surface area (Å²) in [6.45, 7) is 4.60. The van der Waals surface area contributed by atoms with Crippen LogP contribution in [0.3, 0.4) is 0 Å². The lowest BCUT2D eigenvalue weighted by Gasteiger charge is -2.15. The van der Waals surface area contributed by atoms with Gasteiger partial charge in [0.2, 0.25) is 0 Å². The number of rotatable bonds is 8. The summed E-state index contributed by atoms with van der Waals surface area (Å²) in [5.74, 6) is -3.41. The molecule has 1 aromatic heterocycles. The smallest absolute Gasteiger partial charge is 0.359 e. The number of aryl methyl sites for hydroxylation is 1. The molecule has 0 aliphatic heterocycles. The molecule has 0 aliphatic carbocycles. The quantitative estimate of drug-likeness (QED) is 0.211. The fraction of sp³-hybridized carbons (Fsp3) is 0.217. The Morgan fingerprint density at radius 2 is 1.68 bits per heavy atom. The van der Waals surface area contributed by atoms with E-state index < -0.39 is 34.1 Å². The van der Waals surface area contributed by atoms with Gasteiger partial charge in [-0.3, -0.25) is 19.5 Å². The number of non-ortho nitro benzene ring substituents is 1. The first kappa shape index (κ1) is 24.2. The van der Waals surface area contributed by atoms with Crippen LogP contribution in [-0.2, 0) is 9.47 Å². The van der Waals surface area contributed by atoms with Crippen LogP contribution >= 0.6 is 0 Å². The Labute approximate surface area is 193 Å². The number of imidazole rings is 1. The summed E-state index contributed by atoms with van der Waals surface area (Å²) in [6.07, 6.45) is 0. The molecular weight excluding hydrogens is 449 g/mol. The van der Waals surface area contributed by atoms with Crippen molar-refractivity contribution >= 4 is 23.4 Å². The summed E-state index contributed by atoms with van der Waals surface area (Å²) in [7, 11) is 0. The van der Waals surface area contributed by atoms with Gasteiger partial charge in [0.15, 0.2) is 17.2 Å². The second-order valence-corrected chi connectivity index (χ2v) is 6.90. The Bertz CT molecular complexity index is 1300. The highest BCUT2D eigenvalue weighted by atomic mass is 19.1. The Hall–Kier alpha value is -4.41. The molecule has 0 saturated heterocycles. The number of hydrogen-bond donors (Lipinski definition) is 0. The van der Waals surface area contributed by atoms with E-state index in [4.69, 9.17) is 9.47 Å². The first-order chi connectivity index (χ1) is 16.2. The molecule has 2 aromatic carbocycles. The van der Waals surface area contributed by atoms with E-state index in [0.717, 1.165) is 18.2 Å². The van der Waals surface area contributed by atoms with E-state index >= 15 is 0 Å². The maximum Gasteiger partial charge on any atom is 0.359 e. The van der Waals surface area contributed by atoms with Gasteiger partial charge in [-0.05, 0) is 39.0 Å². The fourth-order valence-corrected chi connectivity index (χ4v) is 3.36. The average Bonchev–Trinajstić information content (AvgIpc) is 3.16. The van der Waals surface area contributed by atoms with Crippen molar-refractivity contribution < 1.29 is 33.2 Å². The molecular formula is C23H20FN3O7. The molecule has 3 rings (SSSR count). The molecule has 0 unspecified atom stereocenters. The van der Waals surface area contributed by atoms with Crippen molar-refractivity contribution in [3.8, 4) is 5.69 Å². The van der Waals surface area contributed by atoms with Gasteiger partial charge in [0, 0.05) is 12.1 Å². The minimum atomic E-state index is -0.922. The van der Waals surface area contributed by atoms with E-state index in [1.54, 1.807) is 13.8 Å². The zero-order valence-electron chi connectivity index (χ0n) is 18.5. The van der Waals surface area contributed by atoms with Crippen molar-refractivity contribution in [2.45, 2.75) is 20.8 Å². The lowest BCUT2D eigenvalue weighted by atomic mass is 10.00. The van der Waals surface area contributed by atoms with Crippen LogP contribution in [-0.4, -0.2) is 45.4 Å². The Kier molecular flexibility index (Phi) is 7.15. The highest BCUT2D eigenvalue weighted by Gasteiger charge is 2.31. The normalized spacial score (nSPS) is 10.6. The van der Waals surface area contributed by atoms with E-state index in [2.05, 4.69) is 4.98 Å². The number of hydrogen-bond acceptors (Lipinski definition) is 8. The number of halogens is 1. The maximum absolute atomic E-state index is 14.4. The first-order valence-electron chi connectivity index (χ1n) is 10.2. The third kappa shape index (κ3) is 4.53. The number of aromatic nitrogens is 2. The van der Waals surface area contributed by atoms with Crippen LogP contribution in [0.15, 0.2) is 42.5 Å². The average molecular weight is 469 g/mol. The number of nitro groups is 1. The molecule has 0 amide bonds. The summed E-state index contributed by atoms with van der Waals surface area (Å²) < 4.78 is 25.6. The predicted molar refractivity (Wildman–Crippen MR) is 117 cm³/mol. The molecule has 1 heterocycles. The number of esters is 2. The van der Waals surface area contributed by atoms with Crippen LogP contribution < -0.4 is 0 Å². The number of benzene rings is 2. The van der Waals surface area contributed by atoms with Crippen molar-refractivity contribution in [1.29, 1.82) is 0 Å². The highest BCUT2D eigenvalue weighted by molar-refractivity contribution is 6.12. The van der Waals surface area contributed by atoms with Gasteiger partial charge in [0.1, 0.15) is 11.6 Å². The second kappa shape index (κ2) is 10.0. The zero-order chi connectivity index (χ0) is 25.0. The van der Waals surface area contributed by atoms with Crippen LogP contribution in [0.4, 0.5) is 10.1 Å². The summed E-state index contributed by atoms with van der Waals surface area (Å²) >= 11 is 0. The van der Waals surface area contributed by atoms with E-state index in [1.165, 1.54) is 35.8 Å². The van der Waals surface area contributed by atoms with Gasteiger partial charge in [-0.1, -0.05) is 12.1 Å². The summed E-state index contributed by atoms with van der Waals surface area (Å²) in [6, 6.07) is 8.46. The first-order valence-corrected chi connectivity index (χ1v) is 10.2. The standard InChI is InChI=1S/C23H20FN3O7/c1-4-33-22(29)19-20(23(30)34-5-2)26(13(3)25-19)18-11-10-14(27(31)32)12-16(18)21(28)15-8-6-7-9-17(15)24/h6-12H,4-5H2,1-3H3. The van der Waals surface area contributed by atoms with Gasteiger partial charge in [-0.15, -0.1) is 0 Å². The molecule has 0 aliphatic rings. The van der Waals surface area contributed by atoms with Gasteiger partial charge in [-0.25, -0.2) is 19.0 Å². The number of ether oxygens (including phenoxy) is 2. The second-order valence-electron chi connectivity index (χ2n) is 6.90. The van der Waals surface area contributed by atoms with Gasteiger partial charge >= 0.3 is 11.9 Å². The molecule has 0 fully saturated rings. The van der Waals surface area contributed by atoms with Crippen LogP contribution in [0.25, 0.3) is 5.69 Å². The van der Waals surface area contributed by atoms with E-state index in [-0.39, 0.29) is 47.2 Å². The molecule has 11 heteroatoms. The van der Waals surface area contributed by atoms with Crippen molar-refractivity contribution in [1.82, 2.24) is 9.55 Å². The highest BCUT2D eigenvalue weighted by Crippen LogP contribution is 2.29. The van der Waals surface area contributed by atoms with Gasteiger partial charge < -0.3 is 9.47 Å². The topological polar surface area (TPSA) is 131 Å².